The van der Waals surface area contributed by atoms with Gasteiger partial charge in [-0.2, -0.15) is 5.43 Å². The van der Waals surface area contributed by atoms with E-state index in [0.29, 0.717) is 0 Å². The Kier molecular flexibility index (Phi) is 4.53. The highest BCUT2D eigenvalue weighted by molar-refractivity contribution is 6.20. The van der Waals surface area contributed by atoms with Gasteiger partial charge in [0.2, 0.25) is 0 Å². The van der Waals surface area contributed by atoms with E-state index in [4.69, 9.17) is 16.7 Å². The normalized spacial score (nSPS) is 14.7. The van der Waals surface area contributed by atoms with Crippen LogP contribution < -0.4 is 5.43 Å². The molecule has 0 heterocycles. The Morgan fingerprint density at radius 3 is 2.42 bits per heavy atom. The van der Waals surface area contributed by atoms with Crippen molar-refractivity contribution < 1.29 is 9.90 Å². The topological polar surface area (TPSA) is 82.0 Å². The van der Waals surface area contributed by atoms with Crippen molar-refractivity contribution in [1.29, 1.82) is 0 Å². The lowest BCUT2D eigenvalue weighted by molar-refractivity contribution is 0.0404. The first kappa shape index (κ1) is 11.1. The van der Waals surface area contributed by atoms with E-state index in [2.05, 4.69) is 5.29 Å². The lowest BCUT2D eigenvalue weighted by atomic mass is 10.5. The standard InChI is InChI=1S/C5H10ClN3O3/c1-3(6)9(4(2)10)5(11)7-8-12/h3-4,10H,1-2H3,(H,7,11,12). The zero-order valence-electron chi connectivity index (χ0n) is 6.69. The zero-order valence-corrected chi connectivity index (χ0v) is 7.45. The fourth-order valence-corrected chi connectivity index (χ4v) is 0.977. The number of nitroso groups, excluding NO2 is 1. The van der Waals surface area contributed by atoms with Crippen molar-refractivity contribution in [3.05, 3.63) is 4.91 Å². The summed E-state index contributed by atoms with van der Waals surface area (Å²) in [4.78, 5) is 21.4. The van der Waals surface area contributed by atoms with Gasteiger partial charge in [0.1, 0.15) is 11.7 Å². The van der Waals surface area contributed by atoms with Crippen LogP contribution in [0.1, 0.15) is 13.8 Å². The number of aliphatic hydroxyl groups excluding tert-OH is 1. The maximum Gasteiger partial charge on any atom is 0.343 e. The predicted octanol–water partition coefficient (Wildman–Crippen LogP) is 0.602. The third-order valence-electron chi connectivity index (χ3n) is 1.16. The van der Waals surface area contributed by atoms with Gasteiger partial charge in [0.05, 0.1) is 5.29 Å². The van der Waals surface area contributed by atoms with Gasteiger partial charge in [0, 0.05) is 0 Å². The van der Waals surface area contributed by atoms with Gasteiger partial charge in [-0.15, -0.1) is 4.91 Å². The molecule has 0 radical (unpaired) electrons. The first-order valence-electron chi connectivity index (χ1n) is 3.23. The molecule has 6 nitrogen and oxygen atoms in total. The SMILES string of the molecule is CC(O)N(C(=O)NN=O)C(C)Cl. The minimum absolute atomic E-state index is 0.716. The summed E-state index contributed by atoms with van der Waals surface area (Å²) in [5.74, 6) is 0. The second-order valence-electron chi connectivity index (χ2n) is 2.12. The molecule has 0 saturated heterocycles. The van der Waals surface area contributed by atoms with E-state index in [1.54, 1.807) is 5.43 Å². The lowest BCUT2D eigenvalue weighted by Crippen LogP contribution is -2.46. The molecule has 2 amide bonds. The average Bonchev–Trinajstić information content (AvgIpc) is 1.85. The zero-order chi connectivity index (χ0) is 9.72. The molecule has 0 aromatic rings. The molecule has 0 rings (SSSR count). The Hall–Kier alpha value is -0.880. The van der Waals surface area contributed by atoms with E-state index in [0.717, 1.165) is 4.90 Å². The summed E-state index contributed by atoms with van der Waals surface area (Å²) in [6.45, 7) is 2.84. The monoisotopic (exact) mass is 195 g/mol. The number of rotatable bonds is 3. The van der Waals surface area contributed by atoms with Gasteiger partial charge < -0.3 is 5.11 Å². The van der Waals surface area contributed by atoms with Crippen molar-refractivity contribution >= 4 is 17.6 Å². The summed E-state index contributed by atoms with van der Waals surface area (Å²) in [7, 11) is 0. The minimum Gasteiger partial charge on any atom is -0.374 e. The number of alkyl halides is 1. The molecule has 0 spiro atoms. The summed E-state index contributed by atoms with van der Waals surface area (Å²) in [6.07, 6.45) is -1.07. The van der Waals surface area contributed by atoms with Crippen LogP contribution in [0, 0.1) is 4.91 Å². The number of aliphatic hydroxyl groups is 1. The highest BCUT2D eigenvalue weighted by Crippen LogP contribution is 2.07. The van der Waals surface area contributed by atoms with Crippen LogP contribution in [0.25, 0.3) is 0 Å². The van der Waals surface area contributed by atoms with Crippen LogP contribution in [0.2, 0.25) is 0 Å². The van der Waals surface area contributed by atoms with Crippen molar-refractivity contribution in [2.24, 2.45) is 5.29 Å². The minimum atomic E-state index is -1.07. The number of hydrogen-bond acceptors (Lipinski definition) is 4. The number of hydrogen-bond donors (Lipinski definition) is 2. The average molecular weight is 196 g/mol. The van der Waals surface area contributed by atoms with Gasteiger partial charge in [-0.3, -0.25) is 4.90 Å². The van der Waals surface area contributed by atoms with Crippen LogP contribution in [0.15, 0.2) is 5.29 Å². The molecule has 0 fully saturated rings. The molecule has 0 aliphatic heterocycles. The van der Waals surface area contributed by atoms with E-state index in [1.807, 2.05) is 0 Å². The largest absolute Gasteiger partial charge is 0.374 e. The van der Waals surface area contributed by atoms with E-state index in [-0.39, 0.29) is 0 Å². The van der Waals surface area contributed by atoms with Crippen LogP contribution in [-0.2, 0) is 0 Å². The molecular formula is C5H10ClN3O3. The quantitative estimate of drug-likeness (QED) is 0.228. The van der Waals surface area contributed by atoms with Crippen LogP contribution in [-0.4, -0.2) is 27.8 Å². The van der Waals surface area contributed by atoms with Gasteiger partial charge in [0.25, 0.3) is 0 Å². The van der Waals surface area contributed by atoms with Crippen LogP contribution >= 0.6 is 11.6 Å². The number of nitrogens with one attached hydrogen (secondary N) is 1. The first-order valence-corrected chi connectivity index (χ1v) is 3.67. The Labute approximate surface area is 74.4 Å². The maximum atomic E-state index is 10.9. The first-order chi connectivity index (χ1) is 5.50. The highest BCUT2D eigenvalue weighted by atomic mass is 35.5. The molecule has 0 aromatic carbocycles. The number of urea groups is 1. The Morgan fingerprint density at radius 1 is 1.67 bits per heavy atom. The maximum absolute atomic E-state index is 10.9. The fourth-order valence-electron chi connectivity index (χ4n) is 0.725. The molecule has 2 atom stereocenters. The third-order valence-corrected chi connectivity index (χ3v) is 1.37. The van der Waals surface area contributed by atoms with Crippen LogP contribution in [0.5, 0.6) is 0 Å². The van der Waals surface area contributed by atoms with E-state index >= 15 is 0 Å². The smallest absolute Gasteiger partial charge is 0.343 e. The number of nitrogens with zero attached hydrogens (tertiary/aromatic N) is 2. The van der Waals surface area contributed by atoms with Gasteiger partial charge in [-0.25, -0.2) is 4.79 Å². The molecule has 70 valence electrons. The van der Waals surface area contributed by atoms with E-state index in [9.17, 15) is 9.70 Å². The van der Waals surface area contributed by atoms with Gasteiger partial charge in [-0.05, 0) is 13.8 Å². The Morgan fingerprint density at radius 2 is 2.17 bits per heavy atom. The summed E-state index contributed by atoms with van der Waals surface area (Å²) in [5.41, 5.74) is 0.904. The molecule has 0 aromatic heterocycles. The summed E-state index contributed by atoms with van der Waals surface area (Å²) < 4.78 is 0. The number of carbonyl (C=O) groups excluding carboxylic acids is 1. The van der Waals surface area contributed by atoms with E-state index in [1.165, 1.54) is 13.8 Å². The fraction of sp³-hybridized carbons (Fsp3) is 0.800. The number of amides is 2. The molecule has 2 N–H and O–H groups in total. The molecule has 0 bridgehead atoms. The highest BCUT2D eigenvalue weighted by Gasteiger charge is 2.22. The second-order valence-corrected chi connectivity index (χ2v) is 2.75. The van der Waals surface area contributed by atoms with Crippen molar-refractivity contribution in [3.8, 4) is 0 Å². The van der Waals surface area contributed by atoms with Gasteiger partial charge in [-0.1, -0.05) is 11.6 Å². The van der Waals surface area contributed by atoms with Crippen molar-refractivity contribution in [2.45, 2.75) is 25.6 Å². The Balaban J connectivity index is 4.29. The van der Waals surface area contributed by atoms with Gasteiger partial charge in [0.15, 0.2) is 0 Å². The lowest BCUT2D eigenvalue weighted by Gasteiger charge is -2.26. The van der Waals surface area contributed by atoms with Crippen molar-refractivity contribution in [3.63, 3.8) is 0 Å². The molecule has 2 unspecified atom stereocenters. The van der Waals surface area contributed by atoms with Crippen LogP contribution in [0.3, 0.4) is 0 Å². The van der Waals surface area contributed by atoms with Crippen LogP contribution in [0.4, 0.5) is 4.79 Å². The summed E-state index contributed by atoms with van der Waals surface area (Å²) in [5, 5.41) is 11.2. The predicted molar refractivity (Wildman–Crippen MR) is 43.2 cm³/mol. The molecule has 7 heteroatoms. The third kappa shape index (κ3) is 3.02. The molecule has 0 saturated carbocycles. The molecule has 12 heavy (non-hydrogen) atoms. The number of halogens is 1. The van der Waals surface area contributed by atoms with Crippen molar-refractivity contribution in [1.82, 2.24) is 10.3 Å². The van der Waals surface area contributed by atoms with E-state index < -0.39 is 17.8 Å². The summed E-state index contributed by atoms with van der Waals surface area (Å²) in [6, 6.07) is -0.831. The van der Waals surface area contributed by atoms with Gasteiger partial charge >= 0.3 is 6.03 Å². The molecular weight excluding hydrogens is 186 g/mol. The molecule has 0 aliphatic rings. The molecule has 0 aliphatic carbocycles. The van der Waals surface area contributed by atoms with Crippen molar-refractivity contribution in [2.75, 3.05) is 0 Å². The summed E-state index contributed by atoms with van der Waals surface area (Å²) >= 11 is 5.53. The number of carbonyl (C=O) groups is 1. The second kappa shape index (κ2) is 4.89. The Bertz CT molecular complexity index is 165.